The third-order valence-corrected chi connectivity index (χ3v) is 3.69. The van der Waals surface area contributed by atoms with Crippen LogP contribution in [0, 0.1) is 5.41 Å². The number of hydrogen-bond donors (Lipinski definition) is 0. The molecule has 0 bridgehead atoms. The van der Waals surface area contributed by atoms with Crippen LogP contribution in [0.15, 0.2) is 30.3 Å². The van der Waals surface area contributed by atoms with Gasteiger partial charge in [-0.3, -0.25) is 4.79 Å². The molecule has 1 aliphatic rings. The minimum atomic E-state index is -0.0196. The summed E-state index contributed by atoms with van der Waals surface area (Å²) in [6, 6.07) is 10.3. The van der Waals surface area contributed by atoms with Gasteiger partial charge < -0.3 is 9.64 Å². The highest BCUT2D eigenvalue weighted by Crippen LogP contribution is 2.30. The molecule has 2 rings (SSSR count). The number of hydrogen-bond acceptors (Lipinski definition) is 2. The van der Waals surface area contributed by atoms with Crippen LogP contribution in [0.1, 0.15) is 45.8 Å². The Hall–Kier alpha value is -1.35. The van der Waals surface area contributed by atoms with Crippen molar-refractivity contribution in [1.29, 1.82) is 0 Å². The number of ether oxygens (including phenoxy) is 1. The fraction of sp³-hybridized carbons (Fsp3) is 0.588. The minimum Gasteiger partial charge on any atom is -0.370 e. The molecule has 0 N–H and O–H groups in total. The van der Waals surface area contributed by atoms with E-state index in [1.54, 1.807) is 0 Å². The predicted octanol–water partition coefficient (Wildman–Crippen LogP) is 3.41. The first-order valence-electron chi connectivity index (χ1n) is 7.34. The minimum absolute atomic E-state index is 0.0196. The molecule has 2 atom stereocenters. The van der Waals surface area contributed by atoms with Crippen LogP contribution in [0.2, 0.25) is 0 Å². The molecule has 0 saturated carbocycles. The Labute approximate surface area is 121 Å². The van der Waals surface area contributed by atoms with Crippen molar-refractivity contribution in [2.75, 3.05) is 13.2 Å². The van der Waals surface area contributed by atoms with Crippen LogP contribution in [-0.2, 0) is 9.53 Å². The zero-order valence-electron chi connectivity index (χ0n) is 12.9. The molecule has 20 heavy (non-hydrogen) atoms. The van der Waals surface area contributed by atoms with Crippen molar-refractivity contribution in [3.63, 3.8) is 0 Å². The van der Waals surface area contributed by atoms with Crippen molar-refractivity contribution >= 4 is 5.91 Å². The molecule has 3 nitrogen and oxygen atoms in total. The van der Waals surface area contributed by atoms with Crippen LogP contribution < -0.4 is 0 Å². The van der Waals surface area contributed by atoms with Gasteiger partial charge in [0.05, 0.1) is 12.6 Å². The number of carbonyl (C=O) groups is 1. The third-order valence-electron chi connectivity index (χ3n) is 3.69. The highest BCUT2D eigenvalue weighted by molar-refractivity contribution is 5.77. The maximum absolute atomic E-state index is 12.5. The molecule has 0 spiro atoms. The van der Waals surface area contributed by atoms with Crippen LogP contribution in [-0.4, -0.2) is 30.0 Å². The summed E-state index contributed by atoms with van der Waals surface area (Å²) in [5, 5.41) is 0. The van der Waals surface area contributed by atoms with Gasteiger partial charge in [-0.15, -0.1) is 0 Å². The number of benzene rings is 1. The van der Waals surface area contributed by atoms with Gasteiger partial charge in [-0.1, -0.05) is 51.1 Å². The van der Waals surface area contributed by atoms with Gasteiger partial charge in [0.25, 0.3) is 0 Å². The van der Waals surface area contributed by atoms with E-state index < -0.39 is 0 Å². The molecule has 1 amide bonds. The van der Waals surface area contributed by atoms with Gasteiger partial charge in [-0.05, 0) is 17.9 Å². The van der Waals surface area contributed by atoms with E-state index in [0.717, 1.165) is 5.56 Å². The topological polar surface area (TPSA) is 29.5 Å². The number of morpholine rings is 1. The Bertz CT molecular complexity index is 450. The Morgan fingerprint density at radius 1 is 1.30 bits per heavy atom. The first-order valence-corrected chi connectivity index (χ1v) is 7.34. The van der Waals surface area contributed by atoms with Crippen LogP contribution in [0.3, 0.4) is 0 Å². The molecule has 0 aromatic heterocycles. The van der Waals surface area contributed by atoms with E-state index in [9.17, 15) is 4.79 Å². The van der Waals surface area contributed by atoms with Gasteiger partial charge in [0.2, 0.25) is 5.91 Å². The second-order valence-electron chi connectivity index (χ2n) is 6.77. The standard InChI is InChI=1S/C17H25NO2/c1-13-16(14-8-6-5-7-9-14)20-11-10-18(13)15(19)12-17(2,3)4/h5-9,13,16H,10-12H2,1-4H3. The quantitative estimate of drug-likeness (QED) is 0.827. The van der Waals surface area contributed by atoms with E-state index in [1.165, 1.54) is 0 Å². The van der Waals surface area contributed by atoms with Crippen molar-refractivity contribution < 1.29 is 9.53 Å². The molecular formula is C17H25NO2. The largest absolute Gasteiger partial charge is 0.370 e. The summed E-state index contributed by atoms with van der Waals surface area (Å²) in [4.78, 5) is 14.4. The zero-order chi connectivity index (χ0) is 14.8. The summed E-state index contributed by atoms with van der Waals surface area (Å²) in [7, 11) is 0. The summed E-state index contributed by atoms with van der Waals surface area (Å²) in [5.74, 6) is 0.231. The SMILES string of the molecule is CC1C(c2ccccc2)OCCN1C(=O)CC(C)(C)C. The highest BCUT2D eigenvalue weighted by atomic mass is 16.5. The number of rotatable bonds is 2. The second-order valence-corrected chi connectivity index (χ2v) is 6.77. The van der Waals surface area contributed by atoms with E-state index in [-0.39, 0.29) is 23.5 Å². The van der Waals surface area contributed by atoms with Crippen LogP contribution in [0.5, 0.6) is 0 Å². The number of amides is 1. The van der Waals surface area contributed by atoms with Crippen molar-refractivity contribution in [2.24, 2.45) is 5.41 Å². The second kappa shape index (κ2) is 5.96. The molecule has 0 radical (unpaired) electrons. The Morgan fingerprint density at radius 2 is 1.95 bits per heavy atom. The molecule has 1 heterocycles. The zero-order valence-corrected chi connectivity index (χ0v) is 12.9. The van der Waals surface area contributed by atoms with Crippen LogP contribution in [0.25, 0.3) is 0 Å². The van der Waals surface area contributed by atoms with Gasteiger partial charge >= 0.3 is 0 Å². The first-order chi connectivity index (χ1) is 9.38. The third kappa shape index (κ3) is 3.60. The van der Waals surface area contributed by atoms with E-state index in [2.05, 4.69) is 39.8 Å². The summed E-state index contributed by atoms with van der Waals surface area (Å²) in [6.07, 6.45) is 0.563. The Morgan fingerprint density at radius 3 is 2.55 bits per heavy atom. The number of nitrogens with zero attached hydrogens (tertiary/aromatic N) is 1. The molecule has 1 aromatic rings. The van der Waals surface area contributed by atoms with Gasteiger partial charge in [0, 0.05) is 13.0 Å². The average molecular weight is 275 g/mol. The van der Waals surface area contributed by atoms with Gasteiger partial charge in [0.15, 0.2) is 0 Å². The normalized spacial score (nSPS) is 23.7. The smallest absolute Gasteiger partial charge is 0.223 e. The van der Waals surface area contributed by atoms with Crippen molar-refractivity contribution in [3.8, 4) is 0 Å². The average Bonchev–Trinajstić information content (AvgIpc) is 2.38. The maximum Gasteiger partial charge on any atom is 0.223 e. The summed E-state index contributed by atoms with van der Waals surface area (Å²) in [6.45, 7) is 9.69. The van der Waals surface area contributed by atoms with Gasteiger partial charge in [-0.25, -0.2) is 0 Å². The van der Waals surface area contributed by atoms with Crippen molar-refractivity contribution in [3.05, 3.63) is 35.9 Å². The fourth-order valence-corrected chi connectivity index (χ4v) is 2.71. The van der Waals surface area contributed by atoms with Gasteiger partial charge in [0.1, 0.15) is 6.10 Å². The Balaban J connectivity index is 2.11. The molecule has 1 saturated heterocycles. The van der Waals surface area contributed by atoms with Crippen molar-refractivity contribution in [1.82, 2.24) is 4.90 Å². The molecule has 110 valence electrons. The number of carbonyl (C=O) groups excluding carboxylic acids is 1. The monoisotopic (exact) mass is 275 g/mol. The predicted molar refractivity (Wildman–Crippen MR) is 80.4 cm³/mol. The van der Waals surface area contributed by atoms with Crippen molar-refractivity contribution in [2.45, 2.75) is 46.3 Å². The maximum atomic E-state index is 12.5. The lowest BCUT2D eigenvalue weighted by Gasteiger charge is -2.40. The van der Waals surface area contributed by atoms with E-state index in [4.69, 9.17) is 4.74 Å². The lowest BCUT2D eigenvalue weighted by atomic mass is 9.90. The van der Waals surface area contributed by atoms with E-state index in [1.807, 2.05) is 23.1 Å². The molecule has 0 aliphatic carbocycles. The fourth-order valence-electron chi connectivity index (χ4n) is 2.71. The van der Waals surface area contributed by atoms with E-state index in [0.29, 0.717) is 19.6 Å². The molecule has 1 aliphatic heterocycles. The summed E-state index contributed by atoms with van der Waals surface area (Å²) < 4.78 is 5.89. The molecule has 1 aromatic carbocycles. The lowest BCUT2D eigenvalue weighted by molar-refractivity contribution is -0.147. The molecule has 1 fully saturated rings. The Kier molecular flexibility index (Phi) is 4.48. The van der Waals surface area contributed by atoms with Gasteiger partial charge in [-0.2, -0.15) is 0 Å². The van der Waals surface area contributed by atoms with Crippen LogP contribution in [0.4, 0.5) is 0 Å². The lowest BCUT2D eigenvalue weighted by Crippen LogP contribution is -2.49. The highest BCUT2D eigenvalue weighted by Gasteiger charge is 2.33. The molecular weight excluding hydrogens is 250 g/mol. The summed E-state index contributed by atoms with van der Waals surface area (Å²) >= 11 is 0. The van der Waals surface area contributed by atoms with E-state index >= 15 is 0 Å². The summed E-state index contributed by atoms with van der Waals surface area (Å²) in [5.41, 5.74) is 1.17. The molecule has 3 heteroatoms. The van der Waals surface area contributed by atoms with Crippen LogP contribution >= 0.6 is 0 Å². The molecule has 2 unspecified atom stereocenters. The first kappa shape index (κ1) is 15.0.